The number of anilines is 1. The van der Waals surface area contributed by atoms with Crippen molar-refractivity contribution in [2.24, 2.45) is 17.6 Å². The minimum Gasteiger partial charge on any atom is -0.371 e. The maximum Gasteiger partial charge on any atom is 0.243 e. The van der Waals surface area contributed by atoms with Crippen molar-refractivity contribution in [1.29, 1.82) is 0 Å². The summed E-state index contributed by atoms with van der Waals surface area (Å²) < 4.78 is 0. The van der Waals surface area contributed by atoms with Gasteiger partial charge in [-0.2, -0.15) is 0 Å². The van der Waals surface area contributed by atoms with Gasteiger partial charge >= 0.3 is 0 Å². The average Bonchev–Trinajstić information content (AvgIpc) is 2.93. The van der Waals surface area contributed by atoms with Gasteiger partial charge in [-0.25, -0.2) is 0 Å². The number of para-hydroxylation sites is 1. The molecule has 0 heterocycles. The number of carbonyl (C=O) groups is 1. The number of carbonyl (C=O) groups excluding carboxylic acids is 1. The number of nitrogens with two attached hydrogens (primary N) is 1. The molecular formula is C15H20N2O. The highest BCUT2D eigenvalue weighted by atomic mass is 16.1. The van der Waals surface area contributed by atoms with Gasteiger partial charge in [-0.1, -0.05) is 18.2 Å². The molecule has 1 amide bonds. The van der Waals surface area contributed by atoms with E-state index in [9.17, 15) is 4.79 Å². The van der Waals surface area contributed by atoms with Crippen LogP contribution in [0.4, 0.5) is 5.69 Å². The van der Waals surface area contributed by atoms with Crippen molar-refractivity contribution in [2.75, 3.05) is 5.32 Å². The lowest BCUT2D eigenvalue weighted by atomic mass is 9.80. The number of hydrogen-bond donors (Lipinski definition) is 2. The molecule has 1 aromatic carbocycles. The highest BCUT2D eigenvalue weighted by molar-refractivity contribution is 5.89. The Morgan fingerprint density at radius 1 is 1.39 bits per heavy atom. The van der Waals surface area contributed by atoms with Crippen LogP contribution >= 0.6 is 0 Å². The molecular weight excluding hydrogens is 224 g/mol. The molecule has 2 saturated carbocycles. The topological polar surface area (TPSA) is 55.1 Å². The second-order valence-corrected chi connectivity index (χ2v) is 5.86. The van der Waals surface area contributed by atoms with E-state index in [-0.39, 0.29) is 5.91 Å². The van der Waals surface area contributed by atoms with Gasteiger partial charge in [0.2, 0.25) is 5.91 Å². The van der Waals surface area contributed by atoms with Crippen LogP contribution in [0.15, 0.2) is 24.3 Å². The fourth-order valence-corrected chi connectivity index (χ4v) is 3.80. The van der Waals surface area contributed by atoms with Crippen LogP contribution in [-0.4, -0.2) is 11.4 Å². The number of fused-ring (bicyclic) bond motifs is 2. The van der Waals surface area contributed by atoms with E-state index in [0.29, 0.717) is 11.8 Å². The van der Waals surface area contributed by atoms with Crippen molar-refractivity contribution in [1.82, 2.24) is 0 Å². The Balaban J connectivity index is 1.93. The van der Waals surface area contributed by atoms with Crippen LogP contribution in [0, 0.1) is 18.8 Å². The summed E-state index contributed by atoms with van der Waals surface area (Å²) in [5.74, 6) is 0.913. The van der Waals surface area contributed by atoms with Gasteiger partial charge < -0.3 is 11.1 Å². The molecule has 96 valence electrons. The SMILES string of the molecule is Cc1ccccc1NC1(C(N)=O)CC2CCC1C2. The lowest BCUT2D eigenvalue weighted by Crippen LogP contribution is -2.54. The van der Waals surface area contributed by atoms with Crippen LogP contribution in [0.25, 0.3) is 0 Å². The number of nitrogens with one attached hydrogen (secondary N) is 1. The normalized spacial score (nSPS) is 33.6. The molecule has 2 bridgehead atoms. The molecule has 3 nitrogen and oxygen atoms in total. The third-order valence-corrected chi connectivity index (χ3v) is 4.79. The Bertz CT molecular complexity index is 485. The van der Waals surface area contributed by atoms with Gasteiger partial charge in [0, 0.05) is 5.69 Å². The predicted octanol–water partition coefficient (Wildman–Crippen LogP) is 2.45. The molecule has 18 heavy (non-hydrogen) atoms. The molecule has 0 spiro atoms. The smallest absolute Gasteiger partial charge is 0.243 e. The summed E-state index contributed by atoms with van der Waals surface area (Å²) in [7, 11) is 0. The van der Waals surface area contributed by atoms with E-state index < -0.39 is 5.54 Å². The Morgan fingerprint density at radius 3 is 2.72 bits per heavy atom. The number of hydrogen-bond acceptors (Lipinski definition) is 2. The summed E-state index contributed by atoms with van der Waals surface area (Å²) in [5, 5.41) is 3.48. The molecule has 1 aromatic rings. The zero-order valence-electron chi connectivity index (χ0n) is 10.8. The van der Waals surface area contributed by atoms with Gasteiger partial charge in [0.15, 0.2) is 0 Å². The predicted molar refractivity (Wildman–Crippen MR) is 72.2 cm³/mol. The number of aryl methyl sites for hydroxylation is 1. The van der Waals surface area contributed by atoms with Crippen LogP contribution in [0.2, 0.25) is 0 Å². The van der Waals surface area contributed by atoms with Gasteiger partial charge in [-0.05, 0) is 56.1 Å². The highest BCUT2D eigenvalue weighted by Crippen LogP contribution is 2.52. The fourth-order valence-electron chi connectivity index (χ4n) is 3.80. The fraction of sp³-hybridized carbons (Fsp3) is 0.533. The zero-order valence-corrected chi connectivity index (χ0v) is 10.8. The van der Waals surface area contributed by atoms with Crippen molar-refractivity contribution in [3.05, 3.63) is 29.8 Å². The molecule has 3 heteroatoms. The lowest BCUT2D eigenvalue weighted by molar-refractivity contribution is -0.123. The summed E-state index contributed by atoms with van der Waals surface area (Å²) >= 11 is 0. The van der Waals surface area contributed by atoms with Gasteiger partial charge in [0.05, 0.1) is 0 Å². The quantitative estimate of drug-likeness (QED) is 0.858. The molecule has 0 radical (unpaired) electrons. The van der Waals surface area contributed by atoms with Crippen molar-refractivity contribution in [3.63, 3.8) is 0 Å². The van der Waals surface area contributed by atoms with E-state index in [1.807, 2.05) is 18.2 Å². The molecule has 2 aliphatic rings. The monoisotopic (exact) mass is 244 g/mol. The van der Waals surface area contributed by atoms with Crippen molar-refractivity contribution >= 4 is 11.6 Å². The highest BCUT2D eigenvalue weighted by Gasteiger charge is 2.54. The van der Waals surface area contributed by atoms with Crippen LogP contribution in [0.3, 0.4) is 0 Å². The van der Waals surface area contributed by atoms with Gasteiger partial charge in [0.1, 0.15) is 5.54 Å². The Kier molecular flexibility index (Phi) is 2.58. The summed E-state index contributed by atoms with van der Waals surface area (Å²) in [6.45, 7) is 2.06. The average molecular weight is 244 g/mol. The molecule has 3 rings (SSSR count). The first-order chi connectivity index (χ1) is 8.62. The first kappa shape index (κ1) is 11.6. The molecule has 3 N–H and O–H groups in total. The Hall–Kier alpha value is -1.51. The molecule has 2 fully saturated rings. The van der Waals surface area contributed by atoms with E-state index in [1.165, 1.54) is 12.0 Å². The second kappa shape index (κ2) is 4.01. The first-order valence-electron chi connectivity index (χ1n) is 6.75. The maximum absolute atomic E-state index is 12.0. The van der Waals surface area contributed by atoms with E-state index in [0.717, 1.165) is 24.9 Å². The molecule has 3 unspecified atom stereocenters. The largest absolute Gasteiger partial charge is 0.371 e. The summed E-state index contributed by atoms with van der Waals surface area (Å²) in [4.78, 5) is 12.0. The summed E-state index contributed by atoms with van der Waals surface area (Å²) in [6, 6.07) is 8.10. The third kappa shape index (κ3) is 1.61. The minimum atomic E-state index is -0.505. The second-order valence-electron chi connectivity index (χ2n) is 5.86. The van der Waals surface area contributed by atoms with Crippen LogP contribution < -0.4 is 11.1 Å². The molecule has 2 aliphatic carbocycles. The standard InChI is InChI=1S/C15H20N2O/c1-10-4-2-3-5-13(10)17-15(14(16)18)9-11-6-7-12(15)8-11/h2-5,11-12,17H,6-9H2,1H3,(H2,16,18). The Labute approximate surface area is 108 Å². The minimum absolute atomic E-state index is 0.182. The van der Waals surface area contributed by atoms with Crippen LogP contribution in [0.5, 0.6) is 0 Å². The maximum atomic E-state index is 12.0. The van der Waals surface area contributed by atoms with E-state index in [4.69, 9.17) is 5.73 Å². The zero-order chi connectivity index (χ0) is 12.8. The summed E-state index contributed by atoms with van der Waals surface area (Å²) in [6.07, 6.45) is 4.45. The molecule has 0 saturated heterocycles. The van der Waals surface area contributed by atoms with Crippen molar-refractivity contribution in [2.45, 2.75) is 38.1 Å². The number of rotatable bonds is 3. The number of benzene rings is 1. The number of primary amides is 1. The molecule has 3 atom stereocenters. The van der Waals surface area contributed by atoms with E-state index in [2.05, 4.69) is 18.3 Å². The third-order valence-electron chi connectivity index (χ3n) is 4.79. The van der Waals surface area contributed by atoms with Gasteiger partial charge in [-0.3, -0.25) is 4.79 Å². The summed E-state index contributed by atoms with van der Waals surface area (Å²) in [5.41, 5.74) is 7.42. The molecule has 0 aromatic heterocycles. The lowest BCUT2D eigenvalue weighted by Gasteiger charge is -2.37. The number of amides is 1. The first-order valence-corrected chi connectivity index (χ1v) is 6.75. The van der Waals surface area contributed by atoms with Crippen LogP contribution in [-0.2, 0) is 4.79 Å². The molecule has 0 aliphatic heterocycles. The van der Waals surface area contributed by atoms with Crippen LogP contribution in [0.1, 0.15) is 31.2 Å². The van der Waals surface area contributed by atoms with E-state index >= 15 is 0 Å². The Morgan fingerprint density at radius 2 is 2.17 bits per heavy atom. The van der Waals surface area contributed by atoms with Gasteiger partial charge in [-0.15, -0.1) is 0 Å². The van der Waals surface area contributed by atoms with E-state index in [1.54, 1.807) is 0 Å². The van der Waals surface area contributed by atoms with Crippen molar-refractivity contribution in [3.8, 4) is 0 Å². The van der Waals surface area contributed by atoms with Gasteiger partial charge in [0.25, 0.3) is 0 Å². The van der Waals surface area contributed by atoms with Crippen molar-refractivity contribution < 1.29 is 4.79 Å².